The fraction of sp³-hybridized carbons (Fsp3) is 0.0625. The van der Waals surface area contributed by atoms with Gasteiger partial charge in [0.15, 0.2) is 0 Å². The molecule has 2 aromatic carbocycles. The Labute approximate surface area is 116 Å². The third-order valence-electron chi connectivity index (χ3n) is 2.88. The van der Waals surface area contributed by atoms with Gasteiger partial charge >= 0.3 is 0 Å². The second-order valence-corrected chi connectivity index (χ2v) is 4.54. The molecule has 2 nitrogen and oxygen atoms in total. The Kier molecular flexibility index (Phi) is 3.34. The lowest BCUT2D eigenvalue weighted by Crippen LogP contribution is -1.88. The minimum atomic E-state index is 0.432. The number of nitrogens with zero attached hydrogens (tertiary/aromatic N) is 1. The molecule has 1 aromatic heterocycles. The molecule has 0 N–H and O–H groups in total. The first-order chi connectivity index (χ1) is 9.35. The standard InChI is InChI=1S/C16H12ClNO/c17-9-12-7-16(11-18-10-12)19-15-6-5-13-3-1-2-4-14(13)8-15/h1-8,10-11H,9H2. The van der Waals surface area contributed by atoms with E-state index in [2.05, 4.69) is 17.1 Å². The molecule has 19 heavy (non-hydrogen) atoms. The highest BCUT2D eigenvalue weighted by atomic mass is 35.5. The smallest absolute Gasteiger partial charge is 0.146 e. The normalized spacial score (nSPS) is 10.6. The zero-order valence-corrected chi connectivity index (χ0v) is 11.0. The molecule has 3 aromatic rings. The van der Waals surface area contributed by atoms with Crippen molar-refractivity contribution in [3.05, 3.63) is 66.5 Å². The van der Waals surface area contributed by atoms with Crippen LogP contribution in [0.2, 0.25) is 0 Å². The average Bonchev–Trinajstić information content (AvgIpc) is 2.47. The summed E-state index contributed by atoms with van der Waals surface area (Å²) in [5.74, 6) is 1.93. The van der Waals surface area contributed by atoms with Gasteiger partial charge in [-0.2, -0.15) is 0 Å². The van der Waals surface area contributed by atoms with Gasteiger partial charge in [-0.25, -0.2) is 0 Å². The molecule has 0 bridgehead atoms. The molecular formula is C16H12ClNO. The Morgan fingerprint density at radius 3 is 2.58 bits per heavy atom. The van der Waals surface area contributed by atoms with Crippen LogP contribution in [0.25, 0.3) is 10.8 Å². The van der Waals surface area contributed by atoms with E-state index in [1.165, 1.54) is 5.39 Å². The molecule has 0 fully saturated rings. The van der Waals surface area contributed by atoms with Crippen LogP contribution in [0.1, 0.15) is 5.56 Å². The van der Waals surface area contributed by atoms with Crippen LogP contribution < -0.4 is 4.74 Å². The zero-order valence-electron chi connectivity index (χ0n) is 10.2. The second kappa shape index (κ2) is 5.29. The quantitative estimate of drug-likeness (QED) is 0.639. The van der Waals surface area contributed by atoms with E-state index in [1.807, 2.05) is 36.4 Å². The van der Waals surface area contributed by atoms with E-state index in [1.54, 1.807) is 12.4 Å². The highest BCUT2D eigenvalue weighted by molar-refractivity contribution is 6.17. The minimum Gasteiger partial charge on any atom is -0.456 e. The number of benzene rings is 2. The summed E-state index contributed by atoms with van der Waals surface area (Å²) in [5.41, 5.74) is 0.944. The van der Waals surface area contributed by atoms with E-state index in [0.717, 1.165) is 16.7 Å². The molecule has 3 heteroatoms. The molecule has 0 radical (unpaired) electrons. The van der Waals surface area contributed by atoms with E-state index >= 15 is 0 Å². The molecule has 0 saturated carbocycles. The van der Waals surface area contributed by atoms with Crippen LogP contribution in [0, 0.1) is 0 Å². The van der Waals surface area contributed by atoms with E-state index < -0.39 is 0 Å². The number of rotatable bonds is 3. The van der Waals surface area contributed by atoms with Gasteiger partial charge in [-0.1, -0.05) is 30.3 Å². The summed E-state index contributed by atoms with van der Waals surface area (Å²) in [6.07, 6.45) is 3.42. The lowest BCUT2D eigenvalue weighted by Gasteiger charge is -2.07. The van der Waals surface area contributed by atoms with Crippen LogP contribution in [0.15, 0.2) is 60.9 Å². The first-order valence-corrected chi connectivity index (χ1v) is 6.55. The lowest BCUT2D eigenvalue weighted by atomic mass is 10.1. The Hall–Kier alpha value is -2.06. The summed E-state index contributed by atoms with van der Waals surface area (Å²) in [5, 5.41) is 2.35. The Balaban J connectivity index is 1.92. The predicted octanol–water partition coefficient (Wildman–Crippen LogP) is 4.77. The summed E-state index contributed by atoms with van der Waals surface area (Å²) in [7, 11) is 0. The number of hydrogen-bond acceptors (Lipinski definition) is 2. The van der Waals surface area contributed by atoms with Crippen LogP contribution in [0.5, 0.6) is 11.5 Å². The van der Waals surface area contributed by atoms with Crippen LogP contribution in [-0.2, 0) is 5.88 Å². The molecule has 0 spiro atoms. The monoisotopic (exact) mass is 269 g/mol. The number of fused-ring (bicyclic) bond motifs is 1. The first kappa shape index (κ1) is 12.0. The van der Waals surface area contributed by atoms with E-state index in [0.29, 0.717) is 11.6 Å². The lowest BCUT2D eigenvalue weighted by molar-refractivity contribution is 0.480. The average molecular weight is 270 g/mol. The Morgan fingerprint density at radius 2 is 1.74 bits per heavy atom. The van der Waals surface area contributed by atoms with Gasteiger partial charge < -0.3 is 4.74 Å². The molecular weight excluding hydrogens is 258 g/mol. The molecule has 1 heterocycles. The maximum Gasteiger partial charge on any atom is 0.146 e. The third-order valence-corrected chi connectivity index (χ3v) is 3.19. The summed E-state index contributed by atoms with van der Waals surface area (Å²) < 4.78 is 5.81. The highest BCUT2D eigenvalue weighted by Gasteiger charge is 2.01. The van der Waals surface area contributed by atoms with Crippen molar-refractivity contribution in [1.29, 1.82) is 0 Å². The van der Waals surface area contributed by atoms with E-state index in [9.17, 15) is 0 Å². The molecule has 0 aliphatic heterocycles. The van der Waals surface area contributed by atoms with Gasteiger partial charge in [-0.3, -0.25) is 4.98 Å². The fourth-order valence-electron chi connectivity index (χ4n) is 1.96. The van der Waals surface area contributed by atoms with Crippen molar-refractivity contribution in [2.75, 3.05) is 0 Å². The Bertz CT molecular complexity index is 712. The van der Waals surface area contributed by atoms with Crippen molar-refractivity contribution in [3.8, 4) is 11.5 Å². The number of ether oxygens (including phenoxy) is 1. The predicted molar refractivity (Wildman–Crippen MR) is 77.8 cm³/mol. The maximum absolute atomic E-state index is 5.81. The van der Waals surface area contributed by atoms with Gasteiger partial charge in [0.1, 0.15) is 11.5 Å². The van der Waals surface area contributed by atoms with Crippen LogP contribution >= 0.6 is 11.6 Å². The molecule has 0 unspecified atom stereocenters. The second-order valence-electron chi connectivity index (χ2n) is 4.27. The maximum atomic E-state index is 5.81. The van der Waals surface area contributed by atoms with Crippen molar-refractivity contribution in [1.82, 2.24) is 4.98 Å². The van der Waals surface area contributed by atoms with Crippen LogP contribution in [0.3, 0.4) is 0 Å². The Morgan fingerprint density at radius 1 is 0.895 bits per heavy atom. The van der Waals surface area contributed by atoms with Crippen molar-refractivity contribution in [3.63, 3.8) is 0 Å². The van der Waals surface area contributed by atoms with E-state index in [4.69, 9.17) is 16.3 Å². The van der Waals surface area contributed by atoms with Gasteiger partial charge in [0.25, 0.3) is 0 Å². The molecule has 0 amide bonds. The summed E-state index contributed by atoms with van der Waals surface area (Å²) in [6.45, 7) is 0. The number of pyridine rings is 1. The summed E-state index contributed by atoms with van der Waals surface area (Å²) in [6, 6.07) is 16.1. The molecule has 0 aliphatic carbocycles. The van der Waals surface area contributed by atoms with E-state index in [-0.39, 0.29) is 0 Å². The largest absolute Gasteiger partial charge is 0.456 e. The van der Waals surface area contributed by atoms with Gasteiger partial charge in [0.2, 0.25) is 0 Å². The van der Waals surface area contributed by atoms with Crippen molar-refractivity contribution >= 4 is 22.4 Å². The van der Waals surface area contributed by atoms with Crippen molar-refractivity contribution < 1.29 is 4.74 Å². The summed E-state index contributed by atoms with van der Waals surface area (Å²) in [4.78, 5) is 4.10. The van der Waals surface area contributed by atoms with Gasteiger partial charge in [-0.15, -0.1) is 11.6 Å². The van der Waals surface area contributed by atoms with Gasteiger partial charge in [0, 0.05) is 12.1 Å². The number of aromatic nitrogens is 1. The molecule has 0 saturated heterocycles. The third kappa shape index (κ3) is 2.69. The molecule has 0 aliphatic rings. The highest BCUT2D eigenvalue weighted by Crippen LogP contribution is 2.25. The number of halogens is 1. The number of alkyl halides is 1. The topological polar surface area (TPSA) is 22.1 Å². The van der Waals surface area contributed by atoms with Gasteiger partial charge in [0.05, 0.1) is 6.20 Å². The SMILES string of the molecule is ClCc1cncc(Oc2ccc3ccccc3c2)c1. The molecule has 3 rings (SSSR count). The summed E-state index contributed by atoms with van der Waals surface area (Å²) >= 11 is 5.78. The van der Waals surface area contributed by atoms with Crippen molar-refractivity contribution in [2.45, 2.75) is 5.88 Å². The van der Waals surface area contributed by atoms with Crippen molar-refractivity contribution in [2.24, 2.45) is 0 Å². The zero-order chi connectivity index (χ0) is 13.1. The molecule has 94 valence electrons. The molecule has 0 atom stereocenters. The van der Waals surface area contributed by atoms with Crippen LogP contribution in [-0.4, -0.2) is 4.98 Å². The number of hydrogen-bond donors (Lipinski definition) is 0. The minimum absolute atomic E-state index is 0.432. The fourth-order valence-corrected chi connectivity index (χ4v) is 2.11. The van der Waals surface area contributed by atoms with Gasteiger partial charge in [-0.05, 0) is 34.5 Å². The van der Waals surface area contributed by atoms with Crippen LogP contribution in [0.4, 0.5) is 0 Å². The first-order valence-electron chi connectivity index (χ1n) is 6.02.